The van der Waals surface area contributed by atoms with Gasteiger partial charge >= 0.3 is 0 Å². The molecule has 2 rings (SSSR count). The Morgan fingerprint density at radius 2 is 2.19 bits per heavy atom. The van der Waals surface area contributed by atoms with Crippen LogP contribution in [-0.4, -0.2) is 52.1 Å². The van der Waals surface area contributed by atoms with Crippen LogP contribution in [0.5, 0.6) is 0 Å². The minimum absolute atomic E-state index is 0.118. The molecule has 0 bridgehead atoms. The van der Waals surface area contributed by atoms with Crippen LogP contribution in [0.15, 0.2) is 22.8 Å². The Bertz CT molecular complexity index is 314. The predicted octanol–water partition coefficient (Wildman–Crippen LogP) is -0.575. The Kier molecular flexibility index (Phi) is 3.60. The summed E-state index contributed by atoms with van der Waals surface area (Å²) in [5, 5.41) is 28.4. The molecule has 0 amide bonds. The van der Waals surface area contributed by atoms with E-state index in [4.69, 9.17) is 9.52 Å². The summed E-state index contributed by atoms with van der Waals surface area (Å²) in [6.07, 6.45) is -0.0348. The van der Waals surface area contributed by atoms with E-state index in [9.17, 15) is 10.2 Å². The molecule has 3 unspecified atom stereocenters. The third-order valence-electron chi connectivity index (χ3n) is 3.01. The predicted molar refractivity (Wildman–Crippen MR) is 56.6 cm³/mol. The SMILES string of the molecule is OCC1CN(Cc2ccco2)CC(O)C1O. The summed E-state index contributed by atoms with van der Waals surface area (Å²) >= 11 is 0. The second kappa shape index (κ2) is 4.97. The number of furan rings is 1. The molecule has 3 N–H and O–H groups in total. The van der Waals surface area contributed by atoms with Crippen LogP contribution in [0.2, 0.25) is 0 Å². The van der Waals surface area contributed by atoms with Gasteiger partial charge in [0.25, 0.3) is 0 Å². The van der Waals surface area contributed by atoms with Crippen LogP contribution in [-0.2, 0) is 6.54 Å². The first-order chi connectivity index (χ1) is 7.70. The molecule has 16 heavy (non-hydrogen) atoms. The van der Waals surface area contributed by atoms with Gasteiger partial charge in [-0.1, -0.05) is 0 Å². The first-order valence-electron chi connectivity index (χ1n) is 5.42. The minimum atomic E-state index is -0.835. The highest BCUT2D eigenvalue weighted by atomic mass is 16.3. The quantitative estimate of drug-likeness (QED) is 0.644. The molecule has 0 aliphatic carbocycles. The molecule has 1 aliphatic heterocycles. The molecule has 0 spiro atoms. The van der Waals surface area contributed by atoms with Crippen molar-refractivity contribution in [2.24, 2.45) is 5.92 Å². The molecule has 5 heteroatoms. The monoisotopic (exact) mass is 227 g/mol. The Morgan fingerprint density at radius 3 is 2.81 bits per heavy atom. The van der Waals surface area contributed by atoms with E-state index in [1.165, 1.54) is 0 Å². The number of rotatable bonds is 3. The summed E-state index contributed by atoms with van der Waals surface area (Å²) < 4.78 is 5.22. The van der Waals surface area contributed by atoms with Crippen molar-refractivity contribution in [3.63, 3.8) is 0 Å². The first kappa shape index (κ1) is 11.6. The standard InChI is InChI=1S/C11H17NO4/c13-7-8-4-12(6-10(14)11(8)15)5-9-2-1-3-16-9/h1-3,8,10-11,13-15H,4-7H2. The number of hydrogen-bond donors (Lipinski definition) is 3. The van der Waals surface area contributed by atoms with E-state index in [1.54, 1.807) is 6.26 Å². The molecule has 1 aromatic heterocycles. The Hall–Kier alpha value is -0.880. The lowest BCUT2D eigenvalue weighted by molar-refractivity contribution is -0.0889. The van der Waals surface area contributed by atoms with E-state index < -0.39 is 12.2 Å². The van der Waals surface area contributed by atoms with Crippen molar-refractivity contribution in [3.8, 4) is 0 Å². The normalized spacial score (nSPS) is 31.8. The number of likely N-dealkylation sites (tertiary alicyclic amines) is 1. The second-order valence-corrected chi connectivity index (χ2v) is 4.27. The van der Waals surface area contributed by atoms with Gasteiger partial charge < -0.3 is 19.7 Å². The van der Waals surface area contributed by atoms with Gasteiger partial charge in [-0.15, -0.1) is 0 Å². The van der Waals surface area contributed by atoms with Crippen LogP contribution < -0.4 is 0 Å². The van der Waals surface area contributed by atoms with Gasteiger partial charge in [0.2, 0.25) is 0 Å². The molecule has 90 valence electrons. The molecular weight excluding hydrogens is 210 g/mol. The lowest BCUT2D eigenvalue weighted by Crippen LogP contribution is -2.53. The van der Waals surface area contributed by atoms with Crippen LogP contribution in [0, 0.1) is 5.92 Å². The number of aliphatic hydroxyl groups is 3. The van der Waals surface area contributed by atoms with E-state index >= 15 is 0 Å². The van der Waals surface area contributed by atoms with E-state index in [0.717, 1.165) is 5.76 Å². The number of β-amino-alcohol motifs (C(OH)–C–C–N with tert-alkyl or cyclic N) is 1. The van der Waals surface area contributed by atoms with Crippen LogP contribution in [0.3, 0.4) is 0 Å². The van der Waals surface area contributed by atoms with Gasteiger partial charge in [0.1, 0.15) is 5.76 Å². The number of hydrogen-bond acceptors (Lipinski definition) is 5. The zero-order chi connectivity index (χ0) is 11.5. The average Bonchev–Trinajstić information content (AvgIpc) is 2.76. The maximum absolute atomic E-state index is 9.64. The fraction of sp³-hybridized carbons (Fsp3) is 0.636. The van der Waals surface area contributed by atoms with Crippen molar-refractivity contribution in [2.45, 2.75) is 18.8 Å². The fourth-order valence-electron chi connectivity index (χ4n) is 2.12. The van der Waals surface area contributed by atoms with Crippen molar-refractivity contribution in [1.29, 1.82) is 0 Å². The fourth-order valence-corrected chi connectivity index (χ4v) is 2.12. The molecule has 1 saturated heterocycles. The first-order valence-corrected chi connectivity index (χ1v) is 5.42. The molecule has 5 nitrogen and oxygen atoms in total. The van der Waals surface area contributed by atoms with Crippen molar-refractivity contribution in [1.82, 2.24) is 4.90 Å². The van der Waals surface area contributed by atoms with Gasteiger partial charge in [-0.25, -0.2) is 0 Å². The highest BCUT2D eigenvalue weighted by molar-refractivity contribution is 4.99. The summed E-state index contributed by atoms with van der Waals surface area (Å²) in [6.45, 7) is 1.44. The van der Waals surface area contributed by atoms with Crippen molar-refractivity contribution >= 4 is 0 Å². The molecule has 2 heterocycles. The summed E-state index contributed by atoms with van der Waals surface area (Å²) in [4.78, 5) is 1.97. The highest BCUT2D eigenvalue weighted by Gasteiger charge is 2.34. The third-order valence-corrected chi connectivity index (χ3v) is 3.01. The van der Waals surface area contributed by atoms with Gasteiger partial charge in [0, 0.05) is 25.6 Å². The van der Waals surface area contributed by atoms with Crippen LogP contribution in [0.1, 0.15) is 5.76 Å². The number of aliphatic hydroxyl groups excluding tert-OH is 3. The molecule has 1 aliphatic rings. The number of nitrogens with zero attached hydrogens (tertiary/aromatic N) is 1. The van der Waals surface area contributed by atoms with Crippen LogP contribution in [0.4, 0.5) is 0 Å². The zero-order valence-corrected chi connectivity index (χ0v) is 8.99. The molecule has 0 radical (unpaired) electrons. The zero-order valence-electron chi connectivity index (χ0n) is 8.99. The van der Waals surface area contributed by atoms with Gasteiger partial charge in [-0.2, -0.15) is 0 Å². The van der Waals surface area contributed by atoms with E-state index in [-0.39, 0.29) is 12.5 Å². The van der Waals surface area contributed by atoms with E-state index in [1.807, 2.05) is 17.0 Å². The topological polar surface area (TPSA) is 77.1 Å². The van der Waals surface area contributed by atoms with E-state index in [0.29, 0.717) is 19.6 Å². The Morgan fingerprint density at radius 1 is 1.38 bits per heavy atom. The lowest BCUT2D eigenvalue weighted by atomic mass is 9.93. The molecule has 3 atom stereocenters. The number of piperidine rings is 1. The molecule has 1 fully saturated rings. The maximum atomic E-state index is 9.64. The Labute approximate surface area is 93.9 Å². The van der Waals surface area contributed by atoms with Gasteiger partial charge in [-0.3, -0.25) is 4.90 Å². The van der Waals surface area contributed by atoms with Gasteiger partial charge in [-0.05, 0) is 12.1 Å². The van der Waals surface area contributed by atoms with Crippen LogP contribution in [0.25, 0.3) is 0 Å². The molecule has 1 aromatic rings. The van der Waals surface area contributed by atoms with Crippen molar-refractivity contribution < 1.29 is 19.7 Å². The van der Waals surface area contributed by atoms with Crippen molar-refractivity contribution in [2.75, 3.05) is 19.7 Å². The van der Waals surface area contributed by atoms with Crippen LogP contribution >= 0.6 is 0 Å². The maximum Gasteiger partial charge on any atom is 0.117 e. The largest absolute Gasteiger partial charge is 0.468 e. The summed E-state index contributed by atoms with van der Waals surface area (Å²) in [5.74, 6) is 0.527. The van der Waals surface area contributed by atoms with Gasteiger partial charge in [0.15, 0.2) is 0 Å². The Balaban J connectivity index is 1.96. The smallest absolute Gasteiger partial charge is 0.117 e. The molecule has 0 aromatic carbocycles. The summed E-state index contributed by atoms with van der Waals surface area (Å²) in [6, 6.07) is 3.68. The second-order valence-electron chi connectivity index (χ2n) is 4.27. The average molecular weight is 227 g/mol. The van der Waals surface area contributed by atoms with Gasteiger partial charge in [0.05, 0.1) is 25.0 Å². The highest BCUT2D eigenvalue weighted by Crippen LogP contribution is 2.19. The lowest BCUT2D eigenvalue weighted by Gasteiger charge is -2.38. The summed E-state index contributed by atoms with van der Waals surface area (Å²) in [5.41, 5.74) is 0. The third kappa shape index (κ3) is 2.44. The van der Waals surface area contributed by atoms with Crippen molar-refractivity contribution in [3.05, 3.63) is 24.2 Å². The minimum Gasteiger partial charge on any atom is -0.468 e. The summed E-state index contributed by atoms with van der Waals surface area (Å²) in [7, 11) is 0. The molecule has 0 saturated carbocycles. The molecular formula is C11H17NO4. The van der Waals surface area contributed by atoms with E-state index in [2.05, 4.69) is 0 Å².